The molecule has 0 bridgehead atoms. The number of hydrogen-bond acceptors (Lipinski definition) is 11. The van der Waals surface area contributed by atoms with Gasteiger partial charge in [0.1, 0.15) is 5.75 Å². The van der Waals surface area contributed by atoms with Gasteiger partial charge in [-0.3, -0.25) is 4.79 Å². The Morgan fingerprint density at radius 1 is 1.00 bits per heavy atom. The lowest BCUT2D eigenvalue weighted by Crippen LogP contribution is -2.54. The van der Waals surface area contributed by atoms with E-state index in [0.29, 0.717) is 54.9 Å². The van der Waals surface area contributed by atoms with Crippen LogP contribution in [0.15, 0.2) is 29.6 Å². The Morgan fingerprint density at radius 2 is 1.52 bits per heavy atom. The maximum absolute atomic E-state index is 12.7. The van der Waals surface area contributed by atoms with Crippen molar-refractivity contribution in [2.45, 2.75) is 45.6 Å². The van der Waals surface area contributed by atoms with E-state index in [1.54, 1.807) is 0 Å². The topological polar surface area (TPSA) is 114 Å². The van der Waals surface area contributed by atoms with Crippen LogP contribution in [0, 0.1) is 10.8 Å². The first-order valence-corrected chi connectivity index (χ1v) is 18.6. The predicted octanol–water partition coefficient (Wildman–Crippen LogP) is 4.63. The summed E-state index contributed by atoms with van der Waals surface area (Å²) in [4.78, 5) is 42.9. The van der Waals surface area contributed by atoms with Crippen molar-refractivity contribution in [3.8, 4) is 11.6 Å². The van der Waals surface area contributed by atoms with Gasteiger partial charge in [0.15, 0.2) is 11.1 Å². The van der Waals surface area contributed by atoms with E-state index >= 15 is 0 Å². The third-order valence-electron chi connectivity index (χ3n) is 8.35. The number of thiazole rings is 1. The third-order valence-corrected chi connectivity index (χ3v) is 17.8. The summed E-state index contributed by atoms with van der Waals surface area (Å²) in [7, 11) is 1.72. The molecule has 232 valence electrons. The van der Waals surface area contributed by atoms with Crippen LogP contribution in [-0.2, 0) is 4.79 Å². The molecular formula is C28H46N6O5P2S+2. The Labute approximate surface area is 254 Å². The van der Waals surface area contributed by atoms with Gasteiger partial charge in [0, 0.05) is 60.8 Å². The number of anilines is 1. The smallest absolute Gasteiger partial charge is 0.340 e. The standard InChI is InChI=1S/C28H45N6O5P2S/c1-27(2)16-31(5)40(36,32(6)17-27)26(41(37)33(7)18-28(3,4)19-34(41)8)25-30-23(15-42-25)38-14-13-22-24(35)29-20-11-9-10-12-21(20)39-22/h9-12,15,22,26,36-37H,13-14,16-19H2,1-8H3/q+1/p+1. The van der Waals surface area contributed by atoms with E-state index in [1.807, 2.05) is 57.8 Å². The first kappa shape index (κ1) is 31.9. The van der Waals surface area contributed by atoms with Gasteiger partial charge in [-0.05, 0) is 23.0 Å². The predicted molar refractivity (Wildman–Crippen MR) is 171 cm³/mol. The zero-order valence-corrected chi connectivity index (χ0v) is 28.5. The molecule has 14 heteroatoms. The highest BCUT2D eigenvalue weighted by molar-refractivity contribution is 7.83. The van der Waals surface area contributed by atoms with Crippen LogP contribution in [0.1, 0.15) is 44.5 Å². The van der Waals surface area contributed by atoms with Gasteiger partial charge in [0.05, 0.1) is 17.7 Å². The van der Waals surface area contributed by atoms with Gasteiger partial charge in [-0.1, -0.05) is 39.8 Å². The molecule has 5 rings (SSSR count). The number of aromatic nitrogens is 1. The van der Waals surface area contributed by atoms with E-state index in [4.69, 9.17) is 14.5 Å². The van der Waals surface area contributed by atoms with Crippen LogP contribution in [0.4, 0.5) is 5.69 Å². The number of carbonyl (C=O) groups is 1. The molecule has 0 aliphatic carbocycles. The Kier molecular flexibility index (Phi) is 8.73. The summed E-state index contributed by atoms with van der Waals surface area (Å²) in [5, 5.41) is 4.76. The largest absolute Gasteiger partial charge is 0.478 e. The minimum atomic E-state index is -3.08. The second kappa shape index (κ2) is 11.5. The zero-order chi connectivity index (χ0) is 30.7. The van der Waals surface area contributed by atoms with Crippen LogP contribution < -0.4 is 14.8 Å². The number of ether oxygens (including phenoxy) is 2. The van der Waals surface area contributed by atoms with Crippen molar-refractivity contribution in [1.29, 1.82) is 0 Å². The molecule has 0 radical (unpaired) electrons. The SMILES string of the molecule is CN1CC(C)(C)CN(C)[P+]1(O)C(c1nc(OCCC2Oc3ccccc3NC2=O)cs1)[P+]1(O)N(C)CC(C)(C)CN1C. The average molecular weight is 641 g/mol. The Hall–Kier alpha value is -1.46. The van der Waals surface area contributed by atoms with Crippen molar-refractivity contribution in [2.75, 3.05) is 66.3 Å². The molecule has 2 saturated heterocycles. The lowest BCUT2D eigenvalue weighted by molar-refractivity contribution is -0.124. The number of fused-ring (bicyclic) bond motifs is 1. The first-order chi connectivity index (χ1) is 19.6. The lowest BCUT2D eigenvalue weighted by Gasteiger charge is -2.52. The monoisotopic (exact) mass is 640 g/mol. The maximum Gasteiger partial charge on any atom is 0.340 e. The van der Waals surface area contributed by atoms with Crippen molar-refractivity contribution >= 4 is 38.5 Å². The Bertz CT molecular complexity index is 1240. The molecule has 1 unspecified atom stereocenters. The number of nitrogens with zero attached hydrogens (tertiary/aromatic N) is 5. The fourth-order valence-corrected chi connectivity index (χ4v) is 18.0. The summed E-state index contributed by atoms with van der Waals surface area (Å²) in [5.74, 6) is 0.858. The second-order valence-electron chi connectivity index (χ2n) is 13.4. The normalized spacial score (nSPS) is 26.0. The van der Waals surface area contributed by atoms with E-state index in [2.05, 4.69) is 51.7 Å². The van der Waals surface area contributed by atoms with E-state index in [9.17, 15) is 14.6 Å². The molecule has 3 aliphatic heterocycles. The minimum absolute atomic E-state index is 0.0150. The first-order valence-electron chi connectivity index (χ1n) is 14.3. The van der Waals surface area contributed by atoms with Gasteiger partial charge in [0.2, 0.25) is 5.88 Å². The Morgan fingerprint density at radius 3 is 2.07 bits per heavy atom. The van der Waals surface area contributed by atoms with Crippen LogP contribution in [0.5, 0.6) is 11.6 Å². The van der Waals surface area contributed by atoms with E-state index in [0.717, 1.165) is 0 Å². The molecule has 1 amide bonds. The van der Waals surface area contributed by atoms with Crippen molar-refractivity contribution in [3.05, 3.63) is 34.7 Å². The molecule has 1 aromatic carbocycles. The lowest BCUT2D eigenvalue weighted by atomic mass is 9.93. The van der Waals surface area contributed by atoms with Gasteiger partial charge >= 0.3 is 21.0 Å². The van der Waals surface area contributed by atoms with Crippen LogP contribution in [-0.4, -0.2) is 106 Å². The summed E-state index contributed by atoms with van der Waals surface area (Å²) < 4.78 is 20.2. The molecule has 3 aliphatic rings. The summed E-state index contributed by atoms with van der Waals surface area (Å²) in [6.45, 7) is 11.9. The highest BCUT2D eigenvalue weighted by atomic mass is 32.1. The molecule has 2 fully saturated rings. The van der Waals surface area contributed by atoms with Crippen molar-refractivity contribution in [2.24, 2.45) is 10.8 Å². The number of amides is 1. The third kappa shape index (κ3) is 5.83. The van der Waals surface area contributed by atoms with Gasteiger partial charge in [-0.2, -0.15) is 4.98 Å². The Balaban J connectivity index is 1.40. The molecule has 1 atom stereocenters. The molecule has 2 aromatic rings. The van der Waals surface area contributed by atoms with Crippen molar-refractivity contribution in [3.63, 3.8) is 0 Å². The number of nitrogens with one attached hydrogen (secondary N) is 1. The molecule has 0 spiro atoms. The van der Waals surface area contributed by atoms with Crippen LogP contribution in [0.2, 0.25) is 0 Å². The van der Waals surface area contributed by atoms with E-state index in [-0.39, 0.29) is 23.3 Å². The molecule has 1 aromatic heterocycles. The highest BCUT2D eigenvalue weighted by Crippen LogP contribution is 2.89. The summed E-state index contributed by atoms with van der Waals surface area (Å²) in [5.41, 5.74) is 0.636. The van der Waals surface area contributed by atoms with E-state index in [1.165, 1.54) is 11.3 Å². The highest BCUT2D eigenvalue weighted by Gasteiger charge is 2.76. The van der Waals surface area contributed by atoms with Crippen molar-refractivity contribution < 1.29 is 24.1 Å². The van der Waals surface area contributed by atoms with Crippen LogP contribution >= 0.6 is 26.9 Å². The number of rotatable bonds is 7. The summed E-state index contributed by atoms with van der Waals surface area (Å²) >= 11 is 1.41. The molecular weight excluding hydrogens is 594 g/mol. The number of benzene rings is 1. The van der Waals surface area contributed by atoms with Gasteiger partial charge < -0.3 is 14.8 Å². The molecule has 3 N–H and O–H groups in total. The molecule has 0 saturated carbocycles. The van der Waals surface area contributed by atoms with Gasteiger partial charge in [-0.25, -0.2) is 9.79 Å². The second-order valence-corrected chi connectivity index (χ2v) is 21.0. The summed E-state index contributed by atoms with van der Waals surface area (Å²) in [6, 6.07) is 7.36. The van der Waals surface area contributed by atoms with Crippen molar-refractivity contribution in [1.82, 2.24) is 23.7 Å². The maximum atomic E-state index is 12.7. The zero-order valence-electron chi connectivity index (χ0n) is 25.9. The minimum Gasteiger partial charge on any atom is -0.478 e. The van der Waals surface area contributed by atoms with Gasteiger partial charge in [-0.15, -0.1) is 30.0 Å². The van der Waals surface area contributed by atoms with Gasteiger partial charge in [0.25, 0.3) is 5.91 Å². The van der Waals surface area contributed by atoms with Crippen LogP contribution in [0.25, 0.3) is 0 Å². The molecule has 4 heterocycles. The number of para-hydroxylation sites is 2. The fraction of sp³-hybridized carbons (Fsp3) is 0.643. The number of carbonyl (C=O) groups excluding carboxylic acids is 1. The summed E-state index contributed by atoms with van der Waals surface area (Å²) in [6.07, 6.45) is -0.310. The quantitative estimate of drug-likeness (QED) is 0.371. The fourth-order valence-electron chi connectivity index (χ4n) is 6.78. The number of hydrogen-bond donors (Lipinski definition) is 3. The van der Waals surface area contributed by atoms with E-state index < -0.39 is 27.1 Å². The molecule has 42 heavy (non-hydrogen) atoms. The molecule has 11 nitrogen and oxygen atoms in total. The average Bonchev–Trinajstić information content (AvgIpc) is 3.33. The van der Waals surface area contributed by atoms with Crippen LogP contribution in [0.3, 0.4) is 0 Å².